The van der Waals surface area contributed by atoms with E-state index in [0.29, 0.717) is 19.6 Å². The molecule has 29 heavy (non-hydrogen) atoms. The normalized spacial score (nSPS) is 11.9. The Kier molecular flexibility index (Phi) is 9.67. The van der Waals surface area contributed by atoms with Crippen molar-refractivity contribution in [1.82, 2.24) is 20.4 Å². The molecule has 0 fully saturated rings. The molecule has 0 aliphatic carbocycles. The highest BCUT2D eigenvalue weighted by atomic mass is 32.1. The Hall–Kier alpha value is -2.38. The van der Waals surface area contributed by atoms with Crippen LogP contribution in [0.1, 0.15) is 37.4 Å². The van der Waals surface area contributed by atoms with Crippen molar-refractivity contribution in [2.45, 2.75) is 32.9 Å². The molecule has 1 aromatic carbocycles. The number of benzene rings is 1. The largest absolute Gasteiger partial charge is 0.354 e. The predicted octanol–water partition coefficient (Wildman–Crippen LogP) is 3.48. The number of rotatable bonds is 11. The molecule has 0 saturated heterocycles. The zero-order valence-corrected chi connectivity index (χ0v) is 18.4. The number of thiophene rings is 1. The number of nitrogens with one attached hydrogen (secondary N) is 2. The van der Waals surface area contributed by atoms with Crippen molar-refractivity contribution in [3.8, 4) is 0 Å². The van der Waals surface area contributed by atoms with E-state index in [-0.39, 0.29) is 24.4 Å². The lowest BCUT2D eigenvalue weighted by molar-refractivity contribution is -0.121. The van der Waals surface area contributed by atoms with Gasteiger partial charge in [-0.15, -0.1) is 0 Å². The van der Waals surface area contributed by atoms with Crippen LogP contribution in [0.3, 0.4) is 0 Å². The van der Waals surface area contributed by atoms with Gasteiger partial charge >= 0.3 is 6.03 Å². The fourth-order valence-corrected chi connectivity index (χ4v) is 3.94. The summed E-state index contributed by atoms with van der Waals surface area (Å²) in [7, 11) is 1.75. The van der Waals surface area contributed by atoms with E-state index < -0.39 is 0 Å². The Morgan fingerprint density at radius 2 is 1.79 bits per heavy atom. The summed E-state index contributed by atoms with van der Waals surface area (Å²) in [5.74, 6) is -0.0524. The Labute approximate surface area is 177 Å². The lowest BCUT2D eigenvalue weighted by Crippen LogP contribution is -2.40. The Morgan fingerprint density at radius 3 is 2.41 bits per heavy atom. The molecule has 0 bridgehead atoms. The van der Waals surface area contributed by atoms with E-state index in [2.05, 4.69) is 46.2 Å². The van der Waals surface area contributed by atoms with E-state index in [1.165, 1.54) is 5.56 Å². The molecule has 1 heterocycles. The molecule has 2 rings (SSSR count). The highest BCUT2D eigenvalue weighted by molar-refractivity contribution is 7.07. The summed E-state index contributed by atoms with van der Waals surface area (Å²) in [6, 6.07) is 11.9. The molecule has 6 nitrogen and oxygen atoms in total. The van der Waals surface area contributed by atoms with Gasteiger partial charge in [0.25, 0.3) is 0 Å². The molecular formula is C22H32N4O2S. The summed E-state index contributed by atoms with van der Waals surface area (Å²) in [5, 5.41) is 10.0. The van der Waals surface area contributed by atoms with Gasteiger partial charge in [-0.1, -0.05) is 44.2 Å². The standard InChI is InChI=1S/C22H32N4O2S/c1-4-26(5-2)20(19-12-14-29-17-19)15-24-21(27)11-13-23-22(28)25(3)16-18-9-7-6-8-10-18/h6-10,12,14,17,20H,4-5,11,13,15-16H2,1-3H3,(H,23,28)(H,24,27). The SMILES string of the molecule is CCN(CC)C(CNC(=O)CCNC(=O)N(C)Cc1ccccc1)c1ccsc1. The summed E-state index contributed by atoms with van der Waals surface area (Å²) in [4.78, 5) is 28.4. The average Bonchev–Trinajstić information content (AvgIpc) is 3.26. The van der Waals surface area contributed by atoms with Crippen LogP contribution >= 0.6 is 11.3 Å². The van der Waals surface area contributed by atoms with Crippen molar-refractivity contribution < 1.29 is 9.59 Å². The number of hydrogen-bond donors (Lipinski definition) is 2. The molecule has 0 aliphatic rings. The van der Waals surface area contributed by atoms with Crippen LogP contribution in [0.5, 0.6) is 0 Å². The molecule has 0 spiro atoms. The second kappa shape index (κ2) is 12.2. The second-order valence-corrected chi connectivity index (χ2v) is 7.70. The topological polar surface area (TPSA) is 64.7 Å². The fraction of sp³-hybridized carbons (Fsp3) is 0.455. The van der Waals surface area contributed by atoms with Gasteiger partial charge in [0.15, 0.2) is 0 Å². The minimum absolute atomic E-state index is 0.0524. The van der Waals surface area contributed by atoms with Gasteiger partial charge in [0.1, 0.15) is 0 Å². The van der Waals surface area contributed by atoms with Gasteiger partial charge < -0.3 is 15.5 Å². The van der Waals surface area contributed by atoms with Gasteiger partial charge in [-0.2, -0.15) is 11.3 Å². The van der Waals surface area contributed by atoms with Gasteiger partial charge in [-0.25, -0.2) is 4.79 Å². The van der Waals surface area contributed by atoms with E-state index in [4.69, 9.17) is 0 Å². The van der Waals surface area contributed by atoms with E-state index in [1.54, 1.807) is 23.3 Å². The van der Waals surface area contributed by atoms with Crippen LogP contribution < -0.4 is 10.6 Å². The van der Waals surface area contributed by atoms with Crippen molar-refractivity contribution in [2.24, 2.45) is 0 Å². The van der Waals surface area contributed by atoms with E-state index in [1.807, 2.05) is 30.3 Å². The number of hydrogen-bond acceptors (Lipinski definition) is 4. The lowest BCUT2D eigenvalue weighted by atomic mass is 10.1. The maximum absolute atomic E-state index is 12.3. The number of urea groups is 1. The first-order valence-electron chi connectivity index (χ1n) is 10.1. The number of amides is 3. The molecule has 2 aromatic rings. The van der Waals surface area contributed by atoms with Gasteiger partial charge in [0.2, 0.25) is 5.91 Å². The third-order valence-corrected chi connectivity index (χ3v) is 5.61. The molecule has 1 unspecified atom stereocenters. The van der Waals surface area contributed by atoms with E-state index >= 15 is 0 Å². The highest BCUT2D eigenvalue weighted by Crippen LogP contribution is 2.22. The molecule has 7 heteroatoms. The third-order valence-electron chi connectivity index (χ3n) is 4.91. The first kappa shape index (κ1) is 22.9. The number of carbonyl (C=O) groups is 2. The molecular weight excluding hydrogens is 384 g/mol. The maximum atomic E-state index is 12.3. The van der Waals surface area contributed by atoms with Gasteiger partial charge in [-0.3, -0.25) is 9.69 Å². The van der Waals surface area contributed by atoms with Crippen LogP contribution in [-0.4, -0.2) is 55.0 Å². The molecule has 0 saturated carbocycles. The Bertz CT molecular complexity index is 733. The Balaban J connectivity index is 1.73. The fourth-order valence-electron chi connectivity index (χ4n) is 3.23. The molecule has 2 N–H and O–H groups in total. The summed E-state index contributed by atoms with van der Waals surface area (Å²) in [6.45, 7) is 7.54. The zero-order chi connectivity index (χ0) is 21.1. The van der Waals surface area contributed by atoms with Crippen molar-refractivity contribution in [2.75, 3.05) is 33.2 Å². The van der Waals surface area contributed by atoms with Crippen LogP contribution in [0.2, 0.25) is 0 Å². The Morgan fingerprint density at radius 1 is 1.07 bits per heavy atom. The van der Waals surface area contributed by atoms with Crippen molar-refractivity contribution in [1.29, 1.82) is 0 Å². The second-order valence-electron chi connectivity index (χ2n) is 6.92. The molecule has 1 atom stereocenters. The highest BCUT2D eigenvalue weighted by Gasteiger charge is 2.19. The first-order chi connectivity index (χ1) is 14.0. The smallest absolute Gasteiger partial charge is 0.317 e. The van der Waals surface area contributed by atoms with Gasteiger partial charge in [-0.05, 0) is 41.0 Å². The summed E-state index contributed by atoms with van der Waals surface area (Å²) >= 11 is 1.67. The minimum atomic E-state index is -0.180. The lowest BCUT2D eigenvalue weighted by Gasteiger charge is -2.29. The van der Waals surface area contributed by atoms with Crippen LogP contribution in [0.15, 0.2) is 47.2 Å². The summed E-state index contributed by atoms with van der Waals surface area (Å²) in [5.41, 5.74) is 2.30. The number of carbonyl (C=O) groups excluding carboxylic acids is 2. The minimum Gasteiger partial charge on any atom is -0.354 e. The molecule has 0 radical (unpaired) electrons. The average molecular weight is 417 g/mol. The van der Waals surface area contributed by atoms with Gasteiger partial charge in [0, 0.05) is 33.1 Å². The van der Waals surface area contributed by atoms with Gasteiger partial charge in [0.05, 0.1) is 6.04 Å². The number of likely N-dealkylation sites (N-methyl/N-ethyl adjacent to an activating group) is 1. The zero-order valence-electron chi connectivity index (χ0n) is 17.6. The predicted molar refractivity (Wildman–Crippen MR) is 119 cm³/mol. The van der Waals surface area contributed by atoms with Crippen LogP contribution in [0.25, 0.3) is 0 Å². The van der Waals surface area contributed by atoms with E-state index in [0.717, 1.165) is 18.7 Å². The van der Waals surface area contributed by atoms with E-state index in [9.17, 15) is 9.59 Å². The molecule has 158 valence electrons. The number of nitrogens with zero attached hydrogens (tertiary/aromatic N) is 2. The third kappa shape index (κ3) is 7.51. The molecule has 3 amide bonds. The van der Waals surface area contributed by atoms with Crippen molar-refractivity contribution in [3.05, 3.63) is 58.3 Å². The van der Waals surface area contributed by atoms with Crippen LogP contribution in [0, 0.1) is 0 Å². The van der Waals surface area contributed by atoms with Crippen molar-refractivity contribution >= 4 is 23.3 Å². The monoisotopic (exact) mass is 416 g/mol. The first-order valence-corrected chi connectivity index (χ1v) is 11.0. The molecule has 1 aromatic heterocycles. The maximum Gasteiger partial charge on any atom is 0.317 e. The quantitative estimate of drug-likeness (QED) is 0.589. The van der Waals surface area contributed by atoms with Crippen LogP contribution in [0.4, 0.5) is 4.79 Å². The molecule has 0 aliphatic heterocycles. The summed E-state index contributed by atoms with van der Waals surface area (Å²) in [6.07, 6.45) is 0.263. The summed E-state index contributed by atoms with van der Waals surface area (Å²) < 4.78 is 0. The van der Waals surface area contributed by atoms with Crippen LogP contribution in [-0.2, 0) is 11.3 Å². The van der Waals surface area contributed by atoms with Crippen molar-refractivity contribution in [3.63, 3.8) is 0 Å².